The molecule has 0 aliphatic rings. The minimum atomic E-state index is -1.24. The molecule has 0 fully saturated rings. The first-order valence-corrected chi connectivity index (χ1v) is 5.36. The van der Waals surface area contributed by atoms with E-state index < -0.39 is 23.3 Å². The number of phenols is 1. The van der Waals surface area contributed by atoms with Crippen LogP contribution in [-0.2, 0) is 0 Å². The molecule has 0 unspecified atom stereocenters. The number of aromatic carboxylic acids is 1. The molecular formula is C14H9FO4. The second kappa shape index (κ2) is 4.89. The number of aromatic hydroxyl groups is 1. The Hall–Kier alpha value is -2.69. The number of halogens is 1. The fourth-order valence-corrected chi connectivity index (χ4v) is 1.71. The molecule has 2 rings (SSSR count). The van der Waals surface area contributed by atoms with Gasteiger partial charge in [0, 0.05) is 11.6 Å². The van der Waals surface area contributed by atoms with Gasteiger partial charge in [-0.15, -0.1) is 0 Å². The molecule has 2 aromatic rings. The zero-order valence-electron chi connectivity index (χ0n) is 9.63. The quantitative estimate of drug-likeness (QED) is 0.831. The summed E-state index contributed by atoms with van der Waals surface area (Å²) in [4.78, 5) is 23.2. The molecule has 2 N–H and O–H groups in total. The van der Waals surface area contributed by atoms with Crippen molar-refractivity contribution in [3.05, 3.63) is 65.0 Å². The van der Waals surface area contributed by atoms with Gasteiger partial charge in [-0.2, -0.15) is 0 Å². The highest BCUT2D eigenvalue weighted by Gasteiger charge is 2.19. The van der Waals surface area contributed by atoms with Crippen molar-refractivity contribution in [3.63, 3.8) is 0 Å². The molecular weight excluding hydrogens is 251 g/mol. The minimum Gasteiger partial charge on any atom is -0.507 e. The van der Waals surface area contributed by atoms with Gasteiger partial charge in [0.1, 0.15) is 11.6 Å². The van der Waals surface area contributed by atoms with Gasteiger partial charge in [0.05, 0.1) is 11.1 Å². The summed E-state index contributed by atoms with van der Waals surface area (Å²) in [5, 5.41) is 18.5. The number of benzene rings is 2. The average molecular weight is 260 g/mol. The number of ketones is 1. The normalized spacial score (nSPS) is 10.2. The van der Waals surface area contributed by atoms with E-state index in [1.54, 1.807) is 0 Å². The van der Waals surface area contributed by atoms with Crippen LogP contribution in [0.25, 0.3) is 0 Å². The average Bonchev–Trinajstić information content (AvgIpc) is 2.38. The zero-order valence-corrected chi connectivity index (χ0v) is 9.63. The second-order valence-electron chi connectivity index (χ2n) is 3.84. The van der Waals surface area contributed by atoms with Gasteiger partial charge in [-0.05, 0) is 18.2 Å². The van der Waals surface area contributed by atoms with Crippen molar-refractivity contribution < 1.29 is 24.2 Å². The molecule has 0 aliphatic heterocycles. The Balaban J connectivity index is 2.53. The smallest absolute Gasteiger partial charge is 0.336 e. The highest BCUT2D eigenvalue weighted by atomic mass is 19.1. The topological polar surface area (TPSA) is 74.6 Å². The number of phenolic OH excluding ortho intramolecular Hbond substituents is 1. The van der Waals surface area contributed by atoms with E-state index in [0.29, 0.717) is 0 Å². The Morgan fingerprint density at radius 2 is 1.58 bits per heavy atom. The van der Waals surface area contributed by atoms with Crippen LogP contribution >= 0.6 is 0 Å². The fraction of sp³-hybridized carbons (Fsp3) is 0. The van der Waals surface area contributed by atoms with Crippen LogP contribution in [0.5, 0.6) is 5.75 Å². The van der Waals surface area contributed by atoms with Crippen LogP contribution in [0, 0.1) is 5.82 Å². The van der Waals surface area contributed by atoms with Gasteiger partial charge in [-0.1, -0.05) is 18.2 Å². The lowest BCUT2D eigenvalue weighted by Crippen LogP contribution is -2.09. The standard InChI is InChI=1S/C14H9FO4/c15-8-5-6-11(12(16)7-8)13(17)9-3-1-2-4-10(9)14(18)19/h1-7,16H,(H,18,19). The Bertz CT molecular complexity index is 664. The Kier molecular flexibility index (Phi) is 3.29. The summed E-state index contributed by atoms with van der Waals surface area (Å²) in [6, 6.07) is 8.58. The molecule has 0 amide bonds. The lowest BCUT2D eigenvalue weighted by Gasteiger charge is -2.06. The van der Waals surface area contributed by atoms with Crippen molar-refractivity contribution >= 4 is 11.8 Å². The molecule has 19 heavy (non-hydrogen) atoms. The van der Waals surface area contributed by atoms with Crippen LogP contribution in [0.2, 0.25) is 0 Å². The molecule has 0 heterocycles. The molecule has 0 saturated carbocycles. The van der Waals surface area contributed by atoms with Gasteiger partial charge >= 0.3 is 5.97 Å². The number of carbonyl (C=O) groups is 2. The second-order valence-corrected chi connectivity index (χ2v) is 3.84. The maximum absolute atomic E-state index is 12.9. The minimum absolute atomic E-state index is 0.0584. The first-order valence-electron chi connectivity index (χ1n) is 5.36. The maximum atomic E-state index is 12.9. The Morgan fingerprint density at radius 3 is 2.16 bits per heavy atom. The highest BCUT2D eigenvalue weighted by molar-refractivity contribution is 6.15. The molecule has 4 nitrogen and oxygen atoms in total. The van der Waals surface area contributed by atoms with E-state index in [9.17, 15) is 19.1 Å². The maximum Gasteiger partial charge on any atom is 0.336 e. The van der Waals surface area contributed by atoms with Crippen molar-refractivity contribution in [1.29, 1.82) is 0 Å². The third-order valence-electron chi connectivity index (χ3n) is 2.61. The largest absolute Gasteiger partial charge is 0.507 e. The van der Waals surface area contributed by atoms with E-state index in [2.05, 4.69) is 0 Å². The molecule has 5 heteroatoms. The summed E-state index contributed by atoms with van der Waals surface area (Å²) in [6.07, 6.45) is 0. The van der Waals surface area contributed by atoms with Crippen LogP contribution in [0.15, 0.2) is 42.5 Å². The van der Waals surface area contributed by atoms with Gasteiger partial charge in [-0.25, -0.2) is 9.18 Å². The number of hydrogen-bond acceptors (Lipinski definition) is 3. The SMILES string of the molecule is O=C(O)c1ccccc1C(=O)c1ccc(F)cc1O. The van der Waals surface area contributed by atoms with Gasteiger partial charge in [0.25, 0.3) is 0 Å². The van der Waals surface area contributed by atoms with Crippen molar-refractivity contribution in [2.45, 2.75) is 0 Å². The third kappa shape index (κ3) is 2.44. The van der Waals surface area contributed by atoms with E-state index >= 15 is 0 Å². The molecule has 2 aromatic carbocycles. The van der Waals surface area contributed by atoms with Crippen molar-refractivity contribution in [3.8, 4) is 5.75 Å². The van der Waals surface area contributed by atoms with Crippen molar-refractivity contribution in [1.82, 2.24) is 0 Å². The zero-order chi connectivity index (χ0) is 14.0. The van der Waals surface area contributed by atoms with Gasteiger partial charge < -0.3 is 10.2 Å². The molecule has 0 spiro atoms. The number of carboxylic acids is 1. The van der Waals surface area contributed by atoms with Crippen LogP contribution in [-0.4, -0.2) is 22.0 Å². The Labute approximate surface area is 107 Å². The van der Waals surface area contributed by atoms with E-state index in [0.717, 1.165) is 18.2 Å². The monoisotopic (exact) mass is 260 g/mol. The fourth-order valence-electron chi connectivity index (χ4n) is 1.71. The van der Waals surface area contributed by atoms with E-state index in [4.69, 9.17) is 5.11 Å². The molecule has 0 radical (unpaired) electrons. The summed E-state index contributed by atoms with van der Waals surface area (Å²) >= 11 is 0. The third-order valence-corrected chi connectivity index (χ3v) is 2.61. The van der Waals surface area contributed by atoms with E-state index in [-0.39, 0.29) is 16.7 Å². The Morgan fingerprint density at radius 1 is 0.947 bits per heavy atom. The summed E-state index contributed by atoms with van der Waals surface area (Å²) < 4.78 is 12.9. The number of hydrogen-bond donors (Lipinski definition) is 2. The van der Waals surface area contributed by atoms with E-state index in [1.165, 1.54) is 24.3 Å². The summed E-state index contributed by atoms with van der Waals surface area (Å²) in [5.74, 6) is -3.12. The van der Waals surface area contributed by atoms with Gasteiger partial charge in [-0.3, -0.25) is 4.79 Å². The number of carboxylic acid groups (broad SMARTS) is 1. The van der Waals surface area contributed by atoms with Crippen LogP contribution < -0.4 is 0 Å². The lowest BCUT2D eigenvalue weighted by molar-refractivity contribution is 0.0692. The van der Waals surface area contributed by atoms with Gasteiger partial charge in [0.15, 0.2) is 5.78 Å². The summed E-state index contributed by atoms with van der Waals surface area (Å²) in [5.41, 5.74) is -0.372. The van der Waals surface area contributed by atoms with Crippen LogP contribution in [0.1, 0.15) is 26.3 Å². The van der Waals surface area contributed by atoms with Crippen molar-refractivity contribution in [2.24, 2.45) is 0 Å². The highest BCUT2D eigenvalue weighted by Crippen LogP contribution is 2.23. The van der Waals surface area contributed by atoms with Crippen LogP contribution in [0.4, 0.5) is 4.39 Å². The molecule has 96 valence electrons. The predicted octanol–water partition coefficient (Wildman–Crippen LogP) is 2.46. The summed E-state index contributed by atoms with van der Waals surface area (Å²) in [7, 11) is 0. The molecule has 0 atom stereocenters. The first kappa shape index (κ1) is 12.8. The van der Waals surface area contributed by atoms with Gasteiger partial charge in [0.2, 0.25) is 0 Å². The van der Waals surface area contributed by atoms with E-state index in [1.807, 2.05) is 0 Å². The molecule has 0 saturated heterocycles. The molecule has 0 aromatic heterocycles. The molecule has 0 bridgehead atoms. The first-order chi connectivity index (χ1) is 9.00. The molecule has 0 aliphatic carbocycles. The van der Waals surface area contributed by atoms with Crippen LogP contribution in [0.3, 0.4) is 0 Å². The number of carbonyl (C=O) groups excluding carboxylic acids is 1. The number of rotatable bonds is 3. The summed E-state index contributed by atoms with van der Waals surface area (Å²) in [6.45, 7) is 0. The predicted molar refractivity (Wildman–Crippen MR) is 64.9 cm³/mol. The van der Waals surface area contributed by atoms with Crippen molar-refractivity contribution in [2.75, 3.05) is 0 Å². The lowest BCUT2D eigenvalue weighted by atomic mass is 9.98.